The summed E-state index contributed by atoms with van der Waals surface area (Å²) in [5, 5.41) is 2.28. The quantitative estimate of drug-likeness (QED) is 0.918. The molecule has 0 spiro atoms. The fourth-order valence-corrected chi connectivity index (χ4v) is 2.26. The molecule has 2 aromatic rings. The first-order valence-corrected chi connectivity index (χ1v) is 6.35. The Morgan fingerprint density at radius 3 is 2.74 bits per heavy atom. The second-order valence-corrected chi connectivity index (χ2v) is 4.63. The SMILES string of the molecule is COc1ccc2cc(C3OCC(CN)O3)ccc2c1. The van der Waals surface area contributed by atoms with Crippen molar-refractivity contribution in [2.45, 2.75) is 12.4 Å². The summed E-state index contributed by atoms with van der Waals surface area (Å²) >= 11 is 0. The maximum Gasteiger partial charge on any atom is 0.184 e. The number of fused-ring (bicyclic) bond motifs is 1. The zero-order valence-electron chi connectivity index (χ0n) is 10.8. The highest BCUT2D eigenvalue weighted by Gasteiger charge is 2.26. The second kappa shape index (κ2) is 5.17. The van der Waals surface area contributed by atoms with E-state index < -0.39 is 0 Å². The lowest BCUT2D eigenvalue weighted by atomic mass is 10.1. The summed E-state index contributed by atoms with van der Waals surface area (Å²) in [6, 6.07) is 12.1. The molecule has 3 rings (SSSR count). The van der Waals surface area contributed by atoms with Crippen molar-refractivity contribution in [1.82, 2.24) is 0 Å². The lowest BCUT2D eigenvalue weighted by Gasteiger charge is -2.12. The van der Waals surface area contributed by atoms with E-state index in [0.717, 1.165) is 22.1 Å². The predicted molar refractivity (Wildman–Crippen MR) is 73.1 cm³/mol. The first-order valence-electron chi connectivity index (χ1n) is 6.35. The van der Waals surface area contributed by atoms with Crippen LogP contribution in [-0.4, -0.2) is 26.4 Å². The normalized spacial score (nSPS) is 22.8. The van der Waals surface area contributed by atoms with Gasteiger partial charge in [0.15, 0.2) is 6.29 Å². The molecule has 100 valence electrons. The van der Waals surface area contributed by atoms with Crippen LogP contribution in [0.25, 0.3) is 10.8 Å². The molecule has 1 aliphatic rings. The van der Waals surface area contributed by atoms with Crippen molar-refractivity contribution < 1.29 is 14.2 Å². The Bertz CT molecular complexity index is 585. The molecule has 0 aliphatic carbocycles. The van der Waals surface area contributed by atoms with Crippen molar-refractivity contribution in [3.8, 4) is 5.75 Å². The van der Waals surface area contributed by atoms with Crippen LogP contribution in [0.3, 0.4) is 0 Å². The molecule has 1 fully saturated rings. The molecule has 1 saturated heterocycles. The molecule has 1 aliphatic heterocycles. The summed E-state index contributed by atoms with van der Waals surface area (Å²) in [4.78, 5) is 0. The molecule has 0 radical (unpaired) electrons. The van der Waals surface area contributed by atoms with Crippen LogP contribution in [0.1, 0.15) is 11.9 Å². The molecule has 0 saturated carbocycles. The van der Waals surface area contributed by atoms with Crippen molar-refractivity contribution in [2.24, 2.45) is 5.73 Å². The molecule has 4 heteroatoms. The lowest BCUT2D eigenvalue weighted by Crippen LogP contribution is -2.21. The van der Waals surface area contributed by atoms with Crippen molar-refractivity contribution in [1.29, 1.82) is 0 Å². The average Bonchev–Trinajstić information content (AvgIpc) is 2.95. The zero-order valence-corrected chi connectivity index (χ0v) is 10.8. The van der Waals surface area contributed by atoms with E-state index in [2.05, 4.69) is 12.1 Å². The number of hydrogen-bond donors (Lipinski definition) is 1. The average molecular weight is 259 g/mol. The molecular weight excluding hydrogens is 242 g/mol. The van der Waals surface area contributed by atoms with E-state index in [0.29, 0.717) is 13.2 Å². The van der Waals surface area contributed by atoms with E-state index in [-0.39, 0.29) is 12.4 Å². The minimum atomic E-state index is -0.306. The Morgan fingerprint density at radius 2 is 2.00 bits per heavy atom. The monoisotopic (exact) mass is 259 g/mol. The zero-order chi connectivity index (χ0) is 13.2. The Balaban J connectivity index is 1.90. The third kappa shape index (κ3) is 2.42. The van der Waals surface area contributed by atoms with Crippen LogP contribution in [0.4, 0.5) is 0 Å². The van der Waals surface area contributed by atoms with Crippen LogP contribution in [0, 0.1) is 0 Å². The van der Waals surface area contributed by atoms with Gasteiger partial charge in [0.25, 0.3) is 0 Å². The number of hydrogen-bond acceptors (Lipinski definition) is 4. The third-order valence-corrected chi connectivity index (χ3v) is 3.36. The van der Waals surface area contributed by atoms with E-state index in [1.165, 1.54) is 0 Å². The number of nitrogens with two attached hydrogens (primary N) is 1. The molecule has 2 N–H and O–H groups in total. The summed E-state index contributed by atoms with van der Waals surface area (Å²) < 4.78 is 16.5. The van der Waals surface area contributed by atoms with Crippen LogP contribution in [0.5, 0.6) is 5.75 Å². The molecule has 0 aromatic heterocycles. The molecule has 1 heterocycles. The molecule has 19 heavy (non-hydrogen) atoms. The Morgan fingerprint density at radius 1 is 1.21 bits per heavy atom. The van der Waals surface area contributed by atoms with Gasteiger partial charge in [-0.15, -0.1) is 0 Å². The van der Waals surface area contributed by atoms with Gasteiger partial charge in [-0.25, -0.2) is 0 Å². The fourth-order valence-electron chi connectivity index (χ4n) is 2.26. The van der Waals surface area contributed by atoms with Gasteiger partial charge >= 0.3 is 0 Å². The Labute approximate surface area is 112 Å². The molecule has 2 atom stereocenters. The number of methoxy groups -OCH3 is 1. The maximum atomic E-state index is 5.72. The van der Waals surface area contributed by atoms with Gasteiger partial charge in [0.1, 0.15) is 5.75 Å². The molecule has 0 amide bonds. The third-order valence-electron chi connectivity index (χ3n) is 3.36. The van der Waals surface area contributed by atoms with Crippen LogP contribution in [-0.2, 0) is 9.47 Å². The van der Waals surface area contributed by atoms with E-state index in [1.54, 1.807) is 7.11 Å². The highest BCUT2D eigenvalue weighted by molar-refractivity contribution is 5.84. The predicted octanol–water partition coefficient (Wildman–Crippen LogP) is 2.22. The van der Waals surface area contributed by atoms with E-state index >= 15 is 0 Å². The van der Waals surface area contributed by atoms with Crippen molar-refractivity contribution in [2.75, 3.05) is 20.3 Å². The van der Waals surface area contributed by atoms with Crippen LogP contribution in [0.2, 0.25) is 0 Å². The summed E-state index contributed by atoms with van der Waals surface area (Å²) in [7, 11) is 1.67. The van der Waals surface area contributed by atoms with Gasteiger partial charge in [-0.2, -0.15) is 0 Å². The van der Waals surface area contributed by atoms with Crippen LogP contribution >= 0.6 is 0 Å². The van der Waals surface area contributed by atoms with Gasteiger partial charge in [0, 0.05) is 12.1 Å². The summed E-state index contributed by atoms with van der Waals surface area (Å²) in [5.41, 5.74) is 6.60. The van der Waals surface area contributed by atoms with E-state index in [9.17, 15) is 0 Å². The van der Waals surface area contributed by atoms with Crippen molar-refractivity contribution in [3.05, 3.63) is 42.0 Å². The van der Waals surface area contributed by atoms with Gasteiger partial charge in [-0.3, -0.25) is 0 Å². The van der Waals surface area contributed by atoms with Crippen molar-refractivity contribution >= 4 is 10.8 Å². The minimum Gasteiger partial charge on any atom is -0.497 e. The van der Waals surface area contributed by atoms with Gasteiger partial charge in [-0.1, -0.05) is 18.2 Å². The Kier molecular flexibility index (Phi) is 3.38. The molecule has 0 bridgehead atoms. The standard InChI is InChI=1S/C15H17NO3/c1-17-13-5-4-10-6-12(3-2-11(10)7-13)15-18-9-14(8-16)19-15/h2-7,14-15H,8-9,16H2,1H3. The first kappa shape index (κ1) is 12.4. The van der Waals surface area contributed by atoms with Gasteiger partial charge in [-0.05, 0) is 29.0 Å². The number of ether oxygens (including phenoxy) is 3. The molecule has 2 aromatic carbocycles. The first-order chi connectivity index (χ1) is 9.30. The summed E-state index contributed by atoms with van der Waals surface area (Å²) in [6.07, 6.45) is -0.309. The second-order valence-electron chi connectivity index (χ2n) is 4.63. The Hall–Kier alpha value is -1.62. The van der Waals surface area contributed by atoms with Crippen LogP contribution < -0.4 is 10.5 Å². The van der Waals surface area contributed by atoms with E-state index in [1.807, 2.05) is 24.3 Å². The summed E-state index contributed by atoms with van der Waals surface area (Å²) in [6.45, 7) is 1.04. The van der Waals surface area contributed by atoms with Gasteiger partial charge in [0.05, 0.1) is 19.8 Å². The van der Waals surface area contributed by atoms with E-state index in [4.69, 9.17) is 19.9 Å². The maximum absolute atomic E-state index is 5.72. The highest BCUT2D eigenvalue weighted by Crippen LogP contribution is 2.30. The topological polar surface area (TPSA) is 53.7 Å². The number of rotatable bonds is 3. The van der Waals surface area contributed by atoms with Gasteiger partial charge < -0.3 is 19.9 Å². The molecular formula is C15H17NO3. The summed E-state index contributed by atoms with van der Waals surface area (Å²) in [5.74, 6) is 0.858. The smallest absolute Gasteiger partial charge is 0.184 e. The van der Waals surface area contributed by atoms with Crippen molar-refractivity contribution in [3.63, 3.8) is 0 Å². The fraction of sp³-hybridized carbons (Fsp3) is 0.333. The molecule has 2 unspecified atom stereocenters. The minimum absolute atomic E-state index is 0.00318. The van der Waals surface area contributed by atoms with Crippen LogP contribution in [0.15, 0.2) is 36.4 Å². The largest absolute Gasteiger partial charge is 0.497 e. The lowest BCUT2D eigenvalue weighted by molar-refractivity contribution is -0.0584. The highest BCUT2D eigenvalue weighted by atomic mass is 16.7. The molecule has 4 nitrogen and oxygen atoms in total. The van der Waals surface area contributed by atoms with Gasteiger partial charge in [0.2, 0.25) is 0 Å². The number of benzene rings is 2.